The van der Waals surface area contributed by atoms with Gasteiger partial charge in [0.15, 0.2) is 0 Å². The van der Waals surface area contributed by atoms with Crippen molar-refractivity contribution in [2.24, 2.45) is 12.8 Å². The van der Waals surface area contributed by atoms with Crippen LogP contribution in [0.25, 0.3) is 0 Å². The topological polar surface area (TPSA) is 55.9 Å². The molecule has 0 bridgehead atoms. The van der Waals surface area contributed by atoms with Crippen LogP contribution in [0.15, 0.2) is 12.4 Å². The Labute approximate surface area is 85.5 Å². The SMILES string of the molecule is CCC(C)NCC(N)c1cnn(C)c1. The van der Waals surface area contributed by atoms with Gasteiger partial charge in [-0.05, 0) is 13.3 Å². The zero-order valence-corrected chi connectivity index (χ0v) is 9.20. The minimum absolute atomic E-state index is 0.0395. The molecule has 0 saturated carbocycles. The largest absolute Gasteiger partial charge is 0.323 e. The zero-order valence-electron chi connectivity index (χ0n) is 9.20. The molecule has 80 valence electrons. The molecule has 0 saturated heterocycles. The van der Waals surface area contributed by atoms with Crippen LogP contribution in [0.4, 0.5) is 0 Å². The Morgan fingerprint density at radius 3 is 2.86 bits per heavy atom. The van der Waals surface area contributed by atoms with Gasteiger partial charge in [-0.25, -0.2) is 0 Å². The van der Waals surface area contributed by atoms with Gasteiger partial charge < -0.3 is 11.1 Å². The molecule has 0 aliphatic carbocycles. The second-order valence-electron chi connectivity index (χ2n) is 3.77. The molecule has 2 atom stereocenters. The smallest absolute Gasteiger partial charge is 0.0537 e. The summed E-state index contributed by atoms with van der Waals surface area (Å²) in [5.41, 5.74) is 7.08. The van der Waals surface area contributed by atoms with Crippen molar-refractivity contribution < 1.29 is 0 Å². The number of rotatable bonds is 5. The molecule has 0 aliphatic rings. The number of nitrogens with two attached hydrogens (primary N) is 1. The molecule has 4 heteroatoms. The molecule has 0 radical (unpaired) electrons. The Morgan fingerprint density at radius 2 is 2.36 bits per heavy atom. The number of aromatic nitrogens is 2. The van der Waals surface area contributed by atoms with E-state index in [0.717, 1.165) is 18.5 Å². The van der Waals surface area contributed by atoms with Gasteiger partial charge in [-0.2, -0.15) is 5.10 Å². The number of aryl methyl sites for hydroxylation is 1. The first-order chi connectivity index (χ1) is 6.63. The molecule has 0 spiro atoms. The van der Waals surface area contributed by atoms with Crippen molar-refractivity contribution in [1.82, 2.24) is 15.1 Å². The van der Waals surface area contributed by atoms with Gasteiger partial charge in [0.2, 0.25) is 0 Å². The summed E-state index contributed by atoms with van der Waals surface area (Å²) >= 11 is 0. The van der Waals surface area contributed by atoms with E-state index in [-0.39, 0.29) is 6.04 Å². The first kappa shape index (κ1) is 11.2. The van der Waals surface area contributed by atoms with Crippen LogP contribution >= 0.6 is 0 Å². The maximum atomic E-state index is 6.00. The van der Waals surface area contributed by atoms with Crippen molar-refractivity contribution in [3.05, 3.63) is 18.0 Å². The summed E-state index contributed by atoms with van der Waals surface area (Å²) < 4.78 is 1.78. The van der Waals surface area contributed by atoms with Gasteiger partial charge in [-0.15, -0.1) is 0 Å². The lowest BCUT2D eigenvalue weighted by Gasteiger charge is -2.15. The number of nitrogens with zero attached hydrogens (tertiary/aromatic N) is 2. The standard InChI is InChI=1S/C10H20N4/c1-4-8(2)12-6-10(11)9-5-13-14(3)7-9/h5,7-8,10,12H,4,6,11H2,1-3H3. The Balaban J connectivity index is 2.39. The highest BCUT2D eigenvalue weighted by molar-refractivity contribution is 5.09. The van der Waals surface area contributed by atoms with Crippen molar-refractivity contribution in [3.8, 4) is 0 Å². The lowest BCUT2D eigenvalue weighted by atomic mass is 10.1. The van der Waals surface area contributed by atoms with E-state index in [4.69, 9.17) is 5.73 Å². The quantitative estimate of drug-likeness (QED) is 0.732. The van der Waals surface area contributed by atoms with Gasteiger partial charge in [-0.1, -0.05) is 6.92 Å². The third-order valence-corrected chi connectivity index (χ3v) is 2.45. The third-order valence-electron chi connectivity index (χ3n) is 2.45. The van der Waals surface area contributed by atoms with Crippen LogP contribution in [0, 0.1) is 0 Å². The molecular formula is C10H20N4. The minimum Gasteiger partial charge on any atom is -0.323 e. The number of nitrogens with one attached hydrogen (secondary N) is 1. The third kappa shape index (κ3) is 3.12. The van der Waals surface area contributed by atoms with Crippen molar-refractivity contribution in [3.63, 3.8) is 0 Å². The van der Waals surface area contributed by atoms with Gasteiger partial charge in [-0.3, -0.25) is 4.68 Å². The van der Waals surface area contributed by atoms with E-state index in [9.17, 15) is 0 Å². The van der Waals surface area contributed by atoms with E-state index in [1.54, 1.807) is 4.68 Å². The number of hydrogen-bond acceptors (Lipinski definition) is 3. The fourth-order valence-electron chi connectivity index (χ4n) is 1.22. The summed E-state index contributed by atoms with van der Waals surface area (Å²) in [6, 6.07) is 0.565. The van der Waals surface area contributed by atoms with E-state index >= 15 is 0 Å². The molecule has 1 aromatic heterocycles. The Kier molecular flexibility index (Phi) is 4.10. The fourth-order valence-corrected chi connectivity index (χ4v) is 1.22. The summed E-state index contributed by atoms with van der Waals surface area (Å²) in [6.45, 7) is 5.13. The van der Waals surface area contributed by atoms with Crippen molar-refractivity contribution in [2.75, 3.05) is 6.54 Å². The van der Waals surface area contributed by atoms with Crippen LogP contribution in [-0.2, 0) is 7.05 Å². The van der Waals surface area contributed by atoms with Gasteiger partial charge in [0.05, 0.1) is 6.20 Å². The van der Waals surface area contributed by atoms with E-state index in [0.29, 0.717) is 6.04 Å². The summed E-state index contributed by atoms with van der Waals surface area (Å²) in [4.78, 5) is 0. The summed E-state index contributed by atoms with van der Waals surface area (Å²) in [5.74, 6) is 0. The maximum absolute atomic E-state index is 6.00. The van der Waals surface area contributed by atoms with E-state index in [1.807, 2.05) is 19.4 Å². The Morgan fingerprint density at radius 1 is 1.64 bits per heavy atom. The zero-order chi connectivity index (χ0) is 10.6. The average Bonchev–Trinajstić information content (AvgIpc) is 2.60. The van der Waals surface area contributed by atoms with Gasteiger partial charge in [0.25, 0.3) is 0 Å². The van der Waals surface area contributed by atoms with Crippen molar-refractivity contribution in [1.29, 1.82) is 0 Å². The second-order valence-corrected chi connectivity index (χ2v) is 3.77. The number of hydrogen-bond donors (Lipinski definition) is 2. The van der Waals surface area contributed by atoms with Crippen molar-refractivity contribution >= 4 is 0 Å². The van der Waals surface area contributed by atoms with Crippen LogP contribution in [0.1, 0.15) is 31.9 Å². The monoisotopic (exact) mass is 196 g/mol. The van der Waals surface area contributed by atoms with Gasteiger partial charge in [0, 0.05) is 37.4 Å². The molecule has 1 aromatic rings. The summed E-state index contributed by atoms with van der Waals surface area (Å²) in [7, 11) is 1.90. The molecule has 0 amide bonds. The molecule has 2 unspecified atom stereocenters. The lowest BCUT2D eigenvalue weighted by molar-refractivity contribution is 0.500. The van der Waals surface area contributed by atoms with E-state index in [1.165, 1.54) is 0 Å². The minimum atomic E-state index is 0.0395. The molecule has 14 heavy (non-hydrogen) atoms. The predicted octanol–water partition coefficient (Wildman–Crippen LogP) is 0.808. The van der Waals surface area contributed by atoms with Crippen molar-refractivity contribution in [2.45, 2.75) is 32.4 Å². The Hall–Kier alpha value is -0.870. The highest BCUT2D eigenvalue weighted by Crippen LogP contribution is 2.07. The normalized spacial score (nSPS) is 15.4. The van der Waals surface area contributed by atoms with Crippen LogP contribution < -0.4 is 11.1 Å². The molecule has 1 rings (SSSR count). The van der Waals surface area contributed by atoms with E-state index in [2.05, 4.69) is 24.3 Å². The first-order valence-electron chi connectivity index (χ1n) is 5.11. The molecule has 4 nitrogen and oxygen atoms in total. The molecule has 0 fully saturated rings. The maximum Gasteiger partial charge on any atom is 0.0537 e. The highest BCUT2D eigenvalue weighted by Gasteiger charge is 2.08. The van der Waals surface area contributed by atoms with Gasteiger partial charge in [0.1, 0.15) is 0 Å². The van der Waals surface area contributed by atoms with Gasteiger partial charge >= 0.3 is 0 Å². The van der Waals surface area contributed by atoms with Crippen LogP contribution in [0.5, 0.6) is 0 Å². The highest BCUT2D eigenvalue weighted by atomic mass is 15.2. The van der Waals surface area contributed by atoms with E-state index < -0.39 is 0 Å². The van der Waals surface area contributed by atoms with Crippen LogP contribution in [0.3, 0.4) is 0 Å². The second kappa shape index (κ2) is 5.12. The Bertz CT molecular complexity index is 269. The molecule has 0 aliphatic heterocycles. The summed E-state index contributed by atoms with van der Waals surface area (Å²) in [5, 5.41) is 7.47. The molecular weight excluding hydrogens is 176 g/mol. The predicted molar refractivity (Wildman–Crippen MR) is 57.9 cm³/mol. The molecule has 1 heterocycles. The summed E-state index contributed by atoms with van der Waals surface area (Å²) in [6.07, 6.45) is 4.91. The van der Waals surface area contributed by atoms with Crippen LogP contribution in [-0.4, -0.2) is 22.4 Å². The fraction of sp³-hybridized carbons (Fsp3) is 0.700. The average molecular weight is 196 g/mol. The lowest BCUT2D eigenvalue weighted by Crippen LogP contribution is -2.32. The first-order valence-corrected chi connectivity index (χ1v) is 5.11. The molecule has 3 N–H and O–H groups in total. The molecule has 0 aromatic carbocycles. The van der Waals surface area contributed by atoms with Crippen LogP contribution in [0.2, 0.25) is 0 Å².